The van der Waals surface area contributed by atoms with E-state index in [9.17, 15) is 8.42 Å². The Balaban J connectivity index is 2.70. The molecule has 0 radical (unpaired) electrons. The molecule has 1 heterocycles. The highest BCUT2D eigenvalue weighted by molar-refractivity contribution is 14.1. The first kappa shape index (κ1) is 12.3. The Kier molecular flexibility index (Phi) is 3.10. The van der Waals surface area contributed by atoms with Gasteiger partial charge < -0.3 is 5.73 Å². The van der Waals surface area contributed by atoms with Crippen LogP contribution in [-0.2, 0) is 10.0 Å². The molecule has 2 aromatic rings. The quantitative estimate of drug-likeness (QED) is 0.605. The summed E-state index contributed by atoms with van der Waals surface area (Å²) in [5.41, 5.74) is 6.27. The number of sulfonamides is 1. The van der Waals surface area contributed by atoms with Crippen LogP contribution in [0.4, 0.5) is 5.69 Å². The lowest BCUT2D eigenvalue weighted by Gasteiger charge is -2.08. The molecule has 1 aromatic heterocycles. The van der Waals surface area contributed by atoms with E-state index in [1.165, 1.54) is 10.7 Å². The van der Waals surface area contributed by atoms with Crippen LogP contribution in [0, 0.1) is 3.57 Å². The average Bonchev–Trinajstić information content (AvgIpc) is 2.63. The molecule has 0 amide bonds. The standard InChI is InChI=1S/C9H9IN4O2S/c10-6-4-13-14(5-6)8-2-1-7(11)3-9(8)17(12,15)16/h1-5H,11H2,(H2,12,15,16). The highest BCUT2D eigenvalue weighted by Crippen LogP contribution is 2.21. The number of rotatable bonds is 2. The van der Waals surface area contributed by atoms with Crippen molar-refractivity contribution in [3.63, 3.8) is 0 Å². The molecule has 0 aliphatic heterocycles. The van der Waals surface area contributed by atoms with Gasteiger partial charge in [0.2, 0.25) is 10.0 Å². The van der Waals surface area contributed by atoms with Crippen LogP contribution in [0.3, 0.4) is 0 Å². The van der Waals surface area contributed by atoms with E-state index in [0.29, 0.717) is 11.4 Å². The minimum Gasteiger partial charge on any atom is -0.399 e. The van der Waals surface area contributed by atoms with E-state index in [1.54, 1.807) is 24.5 Å². The van der Waals surface area contributed by atoms with Crippen LogP contribution < -0.4 is 10.9 Å². The van der Waals surface area contributed by atoms with Gasteiger partial charge in [-0.3, -0.25) is 0 Å². The minimum atomic E-state index is -3.84. The van der Waals surface area contributed by atoms with Gasteiger partial charge in [0.25, 0.3) is 0 Å². The van der Waals surface area contributed by atoms with Gasteiger partial charge in [0.15, 0.2) is 0 Å². The highest BCUT2D eigenvalue weighted by atomic mass is 127. The van der Waals surface area contributed by atoms with Crippen LogP contribution >= 0.6 is 22.6 Å². The molecule has 90 valence electrons. The van der Waals surface area contributed by atoms with Crippen molar-refractivity contribution >= 4 is 38.3 Å². The van der Waals surface area contributed by atoms with Gasteiger partial charge in [0.05, 0.1) is 15.5 Å². The molecule has 0 spiro atoms. The fraction of sp³-hybridized carbons (Fsp3) is 0. The fourth-order valence-electron chi connectivity index (χ4n) is 1.38. The molecule has 6 nitrogen and oxygen atoms in total. The number of halogens is 1. The second-order valence-electron chi connectivity index (χ2n) is 3.38. The zero-order chi connectivity index (χ0) is 12.6. The monoisotopic (exact) mass is 364 g/mol. The van der Waals surface area contributed by atoms with Crippen molar-refractivity contribution in [2.45, 2.75) is 4.90 Å². The zero-order valence-electron chi connectivity index (χ0n) is 8.54. The molecule has 8 heteroatoms. The summed E-state index contributed by atoms with van der Waals surface area (Å²) in [6, 6.07) is 4.48. The number of hydrogen-bond donors (Lipinski definition) is 2. The van der Waals surface area contributed by atoms with Gasteiger partial charge in [-0.2, -0.15) is 5.10 Å². The summed E-state index contributed by atoms with van der Waals surface area (Å²) < 4.78 is 25.3. The number of benzene rings is 1. The van der Waals surface area contributed by atoms with Gasteiger partial charge in [0.1, 0.15) is 4.90 Å². The largest absolute Gasteiger partial charge is 0.399 e. The maximum atomic E-state index is 11.5. The molecule has 0 bridgehead atoms. The molecular weight excluding hydrogens is 355 g/mol. The molecule has 0 saturated carbocycles. The maximum Gasteiger partial charge on any atom is 0.240 e. The second kappa shape index (κ2) is 4.27. The lowest BCUT2D eigenvalue weighted by Crippen LogP contribution is -2.16. The van der Waals surface area contributed by atoms with Crippen LogP contribution in [0.2, 0.25) is 0 Å². The van der Waals surface area contributed by atoms with Crippen molar-refractivity contribution in [1.82, 2.24) is 9.78 Å². The van der Waals surface area contributed by atoms with Crippen LogP contribution in [0.25, 0.3) is 5.69 Å². The molecule has 1 aromatic carbocycles. The topological polar surface area (TPSA) is 104 Å². The van der Waals surface area contributed by atoms with Gasteiger partial charge in [-0.25, -0.2) is 18.2 Å². The van der Waals surface area contributed by atoms with Crippen molar-refractivity contribution in [1.29, 1.82) is 0 Å². The number of nitrogen functional groups attached to an aromatic ring is 1. The molecule has 0 unspecified atom stereocenters. The van der Waals surface area contributed by atoms with Crippen molar-refractivity contribution in [2.24, 2.45) is 5.14 Å². The molecule has 2 rings (SSSR count). The Hall–Kier alpha value is -1.13. The summed E-state index contributed by atoms with van der Waals surface area (Å²) in [5.74, 6) is 0. The smallest absolute Gasteiger partial charge is 0.240 e. The van der Waals surface area contributed by atoms with Gasteiger partial charge in [-0.15, -0.1) is 0 Å². The van der Waals surface area contributed by atoms with E-state index in [-0.39, 0.29) is 4.90 Å². The molecule has 17 heavy (non-hydrogen) atoms. The summed E-state index contributed by atoms with van der Waals surface area (Å²) in [6.07, 6.45) is 3.31. The molecule has 0 aliphatic rings. The van der Waals surface area contributed by atoms with E-state index in [0.717, 1.165) is 3.57 Å². The van der Waals surface area contributed by atoms with Crippen molar-refractivity contribution in [3.05, 3.63) is 34.2 Å². The number of nitrogens with zero attached hydrogens (tertiary/aromatic N) is 2. The summed E-state index contributed by atoms with van der Waals surface area (Å²) in [5, 5.41) is 9.18. The van der Waals surface area contributed by atoms with Gasteiger partial charge in [0, 0.05) is 11.9 Å². The van der Waals surface area contributed by atoms with Crippen LogP contribution in [0.15, 0.2) is 35.5 Å². The van der Waals surface area contributed by atoms with Crippen molar-refractivity contribution in [2.75, 3.05) is 5.73 Å². The van der Waals surface area contributed by atoms with Gasteiger partial charge in [-0.05, 0) is 40.8 Å². The number of primary sulfonamides is 1. The van der Waals surface area contributed by atoms with Crippen molar-refractivity contribution in [3.8, 4) is 5.69 Å². The Morgan fingerprint density at radius 1 is 1.35 bits per heavy atom. The second-order valence-corrected chi connectivity index (χ2v) is 6.15. The maximum absolute atomic E-state index is 11.5. The normalized spacial score (nSPS) is 11.6. The Bertz CT molecular complexity index is 665. The lowest BCUT2D eigenvalue weighted by molar-refractivity contribution is 0.596. The average molecular weight is 364 g/mol. The fourth-order valence-corrected chi connectivity index (χ4v) is 2.52. The van der Waals surface area contributed by atoms with Crippen molar-refractivity contribution < 1.29 is 8.42 Å². The van der Waals surface area contributed by atoms with Gasteiger partial charge in [-0.1, -0.05) is 0 Å². The molecular formula is C9H9IN4O2S. The summed E-state index contributed by atoms with van der Waals surface area (Å²) in [7, 11) is -3.84. The molecule has 0 fully saturated rings. The number of anilines is 1. The number of aromatic nitrogens is 2. The first-order valence-electron chi connectivity index (χ1n) is 4.51. The van der Waals surface area contributed by atoms with E-state index in [2.05, 4.69) is 27.7 Å². The zero-order valence-corrected chi connectivity index (χ0v) is 11.5. The third-order valence-corrected chi connectivity index (χ3v) is 3.59. The minimum absolute atomic E-state index is 0.0444. The lowest BCUT2D eigenvalue weighted by atomic mass is 10.3. The van der Waals surface area contributed by atoms with Crippen LogP contribution in [-0.4, -0.2) is 18.2 Å². The van der Waals surface area contributed by atoms with Crippen LogP contribution in [0.5, 0.6) is 0 Å². The number of hydrogen-bond acceptors (Lipinski definition) is 4. The Morgan fingerprint density at radius 3 is 2.59 bits per heavy atom. The predicted octanol–water partition coefficient (Wildman–Crippen LogP) is 0.707. The van der Waals surface area contributed by atoms with E-state index in [1.807, 2.05) is 0 Å². The van der Waals surface area contributed by atoms with E-state index < -0.39 is 10.0 Å². The Morgan fingerprint density at radius 2 is 2.06 bits per heavy atom. The third kappa shape index (κ3) is 2.58. The van der Waals surface area contributed by atoms with E-state index >= 15 is 0 Å². The van der Waals surface area contributed by atoms with Crippen LogP contribution in [0.1, 0.15) is 0 Å². The molecule has 4 N–H and O–H groups in total. The highest BCUT2D eigenvalue weighted by Gasteiger charge is 2.16. The predicted molar refractivity (Wildman–Crippen MR) is 72.1 cm³/mol. The molecule has 0 saturated heterocycles. The summed E-state index contributed by atoms with van der Waals surface area (Å²) in [6.45, 7) is 0. The SMILES string of the molecule is Nc1ccc(-n2cc(I)cn2)c(S(N)(=O)=O)c1. The third-order valence-electron chi connectivity index (χ3n) is 2.09. The first-order valence-corrected chi connectivity index (χ1v) is 7.13. The number of nitrogens with two attached hydrogens (primary N) is 2. The first-order chi connectivity index (χ1) is 7.88. The molecule has 0 aliphatic carbocycles. The van der Waals surface area contributed by atoms with Gasteiger partial charge >= 0.3 is 0 Å². The van der Waals surface area contributed by atoms with E-state index in [4.69, 9.17) is 10.9 Å². The summed E-state index contributed by atoms with van der Waals surface area (Å²) in [4.78, 5) is -0.0444. The summed E-state index contributed by atoms with van der Waals surface area (Å²) >= 11 is 2.08. The Labute approximate surface area is 112 Å². The molecule has 0 atom stereocenters.